The van der Waals surface area contributed by atoms with Crippen molar-refractivity contribution < 1.29 is 63.0 Å². The van der Waals surface area contributed by atoms with Crippen LogP contribution in [-0.2, 0) is 78.4 Å². The highest BCUT2D eigenvalue weighted by molar-refractivity contribution is 6.00. The number of hydrogen-bond acceptors (Lipinski definition) is 15. The third kappa shape index (κ3) is 21.6. The van der Waals surface area contributed by atoms with Crippen LogP contribution in [0.5, 0.6) is 5.75 Å². The lowest BCUT2D eigenvalue weighted by Crippen LogP contribution is -2.62. The Morgan fingerprint density at radius 2 is 1.10 bits per heavy atom. The minimum atomic E-state index is -1.81. The monoisotopic (exact) mass is 1390 g/mol. The first-order valence-corrected chi connectivity index (χ1v) is 34.2. The number of imidazole rings is 1. The van der Waals surface area contributed by atoms with E-state index in [1.54, 1.807) is 63.5 Å². The van der Waals surface area contributed by atoms with Gasteiger partial charge in [0.15, 0.2) is 5.96 Å². The Bertz CT molecular complexity index is 3900. The van der Waals surface area contributed by atoms with Crippen molar-refractivity contribution in [2.75, 3.05) is 26.2 Å². The van der Waals surface area contributed by atoms with E-state index in [-0.39, 0.29) is 113 Å². The number of amides is 11. The lowest BCUT2D eigenvalue weighted by Gasteiger charge is -2.31. The average Bonchev–Trinajstić information content (AvgIpc) is 1.76. The molecule has 3 aromatic heterocycles. The molecule has 10 atom stereocenters. The molecule has 0 bridgehead atoms. The molecule has 0 spiro atoms. The molecule has 5 heterocycles. The molecule has 19 N–H and O–H groups in total. The molecule has 31 heteroatoms. The van der Waals surface area contributed by atoms with Gasteiger partial charge in [-0.25, -0.2) is 4.98 Å². The molecule has 11 amide bonds. The highest BCUT2D eigenvalue weighted by Crippen LogP contribution is 2.24. The predicted octanol–water partition coefficient (Wildman–Crippen LogP) is -0.229. The molecule has 101 heavy (non-hydrogen) atoms. The maximum atomic E-state index is 15.2. The maximum absolute atomic E-state index is 15.2. The van der Waals surface area contributed by atoms with Crippen molar-refractivity contribution in [3.05, 3.63) is 120 Å². The fourth-order valence-corrected chi connectivity index (χ4v) is 12.5. The second-order valence-electron chi connectivity index (χ2n) is 26.4. The van der Waals surface area contributed by atoms with Crippen LogP contribution in [-0.4, -0.2) is 193 Å². The van der Waals surface area contributed by atoms with Crippen molar-refractivity contribution in [2.24, 2.45) is 28.3 Å². The lowest BCUT2D eigenvalue weighted by molar-refractivity contribution is -0.142. The number of benzene rings is 3. The molecule has 2 saturated heterocycles. The quantitative estimate of drug-likeness (QED) is 0.0137. The van der Waals surface area contributed by atoms with Gasteiger partial charge in [-0.15, -0.1) is 0 Å². The summed E-state index contributed by atoms with van der Waals surface area (Å²) >= 11 is 0. The van der Waals surface area contributed by atoms with E-state index in [0.29, 0.717) is 52.7 Å². The fraction of sp³-hybridized carbons (Fsp3) is 0.471. The van der Waals surface area contributed by atoms with E-state index in [1.807, 2.05) is 32.0 Å². The van der Waals surface area contributed by atoms with E-state index in [9.17, 15) is 53.4 Å². The molecule has 0 aliphatic carbocycles. The van der Waals surface area contributed by atoms with Crippen LogP contribution in [0, 0.1) is 11.8 Å². The predicted molar refractivity (Wildman–Crippen MR) is 374 cm³/mol. The Morgan fingerprint density at radius 3 is 1.59 bits per heavy atom. The number of aliphatic imine (C=N–C) groups is 1. The van der Waals surface area contributed by atoms with Crippen LogP contribution in [0.1, 0.15) is 108 Å². The van der Waals surface area contributed by atoms with Gasteiger partial charge in [-0.3, -0.25) is 57.7 Å². The number of nitrogens with two attached hydrogens (primary N) is 2. The number of para-hydroxylation sites is 2. The lowest BCUT2D eigenvalue weighted by atomic mass is 9.98. The third-order valence-corrected chi connectivity index (χ3v) is 17.6. The van der Waals surface area contributed by atoms with Gasteiger partial charge in [0.25, 0.3) is 0 Å². The molecule has 6 aromatic rings. The van der Waals surface area contributed by atoms with E-state index in [2.05, 4.69) is 78.1 Å². The summed E-state index contributed by atoms with van der Waals surface area (Å²) in [6, 6.07) is 7.04. The molecule has 0 radical (unpaired) electrons. The van der Waals surface area contributed by atoms with Crippen LogP contribution in [0.4, 0.5) is 0 Å². The number of aliphatic hydroxyl groups is 1. The van der Waals surface area contributed by atoms with Gasteiger partial charge in [0.05, 0.1) is 12.9 Å². The van der Waals surface area contributed by atoms with E-state index in [4.69, 9.17) is 11.5 Å². The van der Waals surface area contributed by atoms with Gasteiger partial charge in [-0.2, -0.15) is 0 Å². The van der Waals surface area contributed by atoms with Crippen LogP contribution < -0.4 is 64.6 Å². The van der Waals surface area contributed by atoms with Crippen LogP contribution >= 0.6 is 0 Å². The Balaban J connectivity index is 1.04. The SMILES string of the molecule is CCNC(=O)[C@@H]1CCCN1C(=O)[C@H](CCCN=C(N)N)NC(=O)[C@H](CC(C)C)NC(=O)[C@@H](CC(C)C)NC(=O)[C@H](Cc1ccc(O)cc1)NC(=O)[C@H](CO)NC(=O)[C@H](Cc1c[nH]c2ccccc12)NC(=O)[C@H](Cc1c[nH]c2ccccc12)NC(=O)[C@H](Cc1cnc[nH]1)NC(=O)[C@@H]1CCC(=O)N1. The van der Waals surface area contributed by atoms with E-state index in [0.717, 1.165) is 10.9 Å². The van der Waals surface area contributed by atoms with Crippen LogP contribution in [0.25, 0.3) is 21.8 Å². The van der Waals surface area contributed by atoms with E-state index < -0.39 is 120 Å². The molecule has 0 saturated carbocycles. The van der Waals surface area contributed by atoms with Gasteiger partial charge < -0.3 is 94.7 Å². The summed E-state index contributed by atoms with van der Waals surface area (Å²) in [4.78, 5) is 176. The zero-order valence-electron chi connectivity index (χ0n) is 57.4. The van der Waals surface area contributed by atoms with Gasteiger partial charge in [0, 0.05) is 97.8 Å². The number of aliphatic hydroxyl groups excluding tert-OH is 1. The zero-order valence-corrected chi connectivity index (χ0v) is 57.4. The minimum Gasteiger partial charge on any atom is -0.508 e. The number of nitrogens with zero attached hydrogens (tertiary/aromatic N) is 3. The second-order valence-corrected chi connectivity index (χ2v) is 26.4. The van der Waals surface area contributed by atoms with Crippen molar-refractivity contribution in [2.45, 2.75) is 172 Å². The fourth-order valence-electron chi connectivity index (χ4n) is 12.5. The van der Waals surface area contributed by atoms with Gasteiger partial charge in [0.2, 0.25) is 65.0 Å². The summed E-state index contributed by atoms with van der Waals surface area (Å²) in [5.74, 6) is -8.62. The summed E-state index contributed by atoms with van der Waals surface area (Å²) in [6.07, 6.45) is 7.15. The Morgan fingerprint density at radius 1 is 0.604 bits per heavy atom. The van der Waals surface area contributed by atoms with Crippen molar-refractivity contribution >= 4 is 92.7 Å². The third-order valence-electron chi connectivity index (χ3n) is 17.6. The number of carbonyl (C=O) groups is 11. The first-order chi connectivity index (χ1) is 48.4. The summed E-state index contributed by atoms with van der Waals surface area (Å²) < 4.78 is 0. The summed E-state index contributed by atoms with van der Waals surface area (Å²) in [6.45, 7) is 8.73. The van der Waals surface area contributed by atoms with E-state index in [1.165, 1.54) is 41.7 Å². The molecule has 31 nitrogen and oxygen atoms in total. The van der Waals surface area contributed by atoms with Gasteiger partial charge in [0.1, 0.15) is 66.2 Å². The standard InChI is InChI=1S/C70H94N18O13/c1-6-74-68(100)58-18-12-26-88(58)69(101)50(17-11-25-75-70(71)72)80-61(93)51(27-38(2)3)81-62(94)52(28-39(4)5)82-63(95)53(29-40-19-21-44(90)22-20-40)83-67(99)57(36-89)87-65(97)55(31-42-34-77-48-16-10-8-14-46(42)48)84-64(96)54(30-41-33-76-47-15-9-7-13-45(41)47)85-66(98)56(32-43-35-73-37-78-43)86-60(92)49-23-24-59(91)79-49/h7-10,13-16,19-22,33-35,37-39,49-58,76-77,89-90H,6,11-12,17-18,23-32,36H2,1-5H3,(H,73,78)(H,74,100)(H,79,91)(H,80,93)(H,81,94)(H,82,95)(H,83,99)(H,84,96)(H,85,98)(H,86,92)(H,87,97)(H4,71,72,75)/t49-,50-,51-,52+,53-,54-,55-,56-,57-,58-/m0/s1. The Kier molecular flexibility index (Phi) is 27.3. The number of H-pyrrole nitrogens is 3. The molecule has 3 aromatic carbocycles. The maximum Gasteiger partial charge on any atom is 0.245 e. The van der Waals surface area contributed by atoms with Crippen molar-refractivity contribution in [1.29, 1.82) is 0 Å². The number of carbonyl (C=O) groups excluding carboxylic acids is 11. The number of phenols is 1. The summed E-state index contributed by atoms with van der Waals surface area (Å²) in [5.41, 5.74) is 14.6. The largest absolute Gasteiger partial charge is 0.508 e. The topological polar surface area (TPSA) is 476 Å². The number of aromatic hydroxyl groups is 1. The van der Waals surface area contributed by atoms with Crippen LogP contribution in [0.3, 0.4) is 0 Å². The van der Waals surface area contributed by atoms with Crippen molar-refractivity contribution in [3.8, 4) is 5.75 Å². The minimum absolute atomic E-state index is 0.0182. The molecule has 2 fully saturated rings. The first-order valence-electron chi connectivity index (χ1n) is 34.2. The number of aromatic amines is 3. The molecule has 8 rings (SSSR count). The molecule has 2 aliphatic rings. The molecule has 2 aliphatic heterocycles. The van der Waals surface area contributed by atoms with Crippen LogP contribution in [0.15, 0.2) is 103 Å². The zero-order chi connectivity index (χ0) is 72.9. The second kappa shape index (κ2) is 36.3. The molecular formula is C70H94N18O13. The van der Waals surface area contributed by atoms with Crippen molar-refractivity contribution in [1.82, 2.24) is 78.0 Å². The summed E-state index contributed by atoms with van der Waals surface area (Å²) in [7, 11) is 0. The van der Waals surface area contributed by atoms with Gasteiger partial charge in [-0.1, -0.05) is 76.2 Å². The highest BCUT2D eigenvalue weighted by atomic mass is 16.3. The number of likely N-dealkylation sites (tertiary alicyclic amines) is 1. The Labute approximate surface area is 583 Å². The number of guanidine groups is 1. The summed E-state index contributed by atoms with van der Waals surface area (Å²) in [5, 5.41) is 50.0. The molecule has 0 unspecified atom stereocenters. The molecule has 542 valence electrons. The number of nitrogens with one attached hydrogen (secondary N) is 13. The number of aromatic nitrogens is 4. The average molecular weight is 1400 g/mol. The highest BCUT2D eigenvalue weighted by Gasteiger charge is 2.40. The number of rotatable bonds is 36. The number of hydrogen-bond donors (Lipinski definition) is 17. The normalized spacial score (nSPS) is 16.7. The number of phenolic OH excluding ortho intramolecular Hbond substituents is 1. The molecular weight excluding hydrogens is 1300 g/mol. The first kappa shape index (κ1) is 75.9. The van der Waals surface area contributed by atoms with Gasteiger partial charge in [-0.05, 0) is 105 Å². The van der Waals surface area contributed by atoms with Crippen LogP contribution in [0.2, 0.25) is 0 Å². The van der Waals surface area contributed by atoms with Crippen molar-refractivity contribution in [3.63, 3.8) is 0 Å². The van der Waals surface area contributed by atoms with E-state index >= 15 is 9.59 Å². The smallest absolute Gasteiger partial charge is 0.245 e. The Hall–Kier alpha value is -10.9. The van der Waals surface area contributed by atoms with Gasteiger partial charge >= 0.3 is 0 Å². The number of likely N-dealkylation sites (N-methyl/N-ethyl adjacent to an activating group) is 1. The number of fused-ring (bicyclic) bond motifs is 2.